The van der Waals surface area contributed by atoms with Crippen LogP contribution in [0.5, 0.6) is 0 Å². The first-order valence-corrected chi connectivity index (χ1v) is 4.83. The van der Waals surface area contributed by atoms with E-state index in [9.17, 15) is 0 Å². The maximum atomic E-state index is 2.24. The Bertz CT molecular complexity index is 180. The van der Waals surface area contributed by atoms with Crippen LogP contribution in [0.3, 0.4) is 0 Å². The van der Waals surface area contributed by atoms with Gasteiger partial charge in [0, 0.05) is 32.7 Å². The Morgan fingerprint density at radius 2 is 1.46 bits per heavy atom. The van der Waals surface area contributed by atoms with Gasteiger partial charge in [-0.05, 0) is 17.9 Å². The Hall–Kier alpha value is 0.324. The molecule has 0 saturated heterocycles. The summed E-state index contributed by atoms with van der Waals surface area (Å²) in [5.74, 6) is 0.766. The van der Waals surface area contributed by atoms with Crippen molar-refractivity contribution in [3.63, 3.8) is 0 Å². The summed E-state index contributed by atoms with van der Waals surface area (Å²) in [6.07, 6.45) is 1.20. The van der Waals surface area contributed by atoms with Gasteiger partial charge in [0.1, 0.15) is 0 Å². The van der Waals surface area contributed by atoms with Gasteiger partial charge in [-0.3, -0.25) is 0 Å². The van der Waals surface area contributed by atoms with Crippen molar-refractivity contribution in [2.75, 3.05) is 0 Å². The summed E-state index contributed by atoms with van der Waals surface area (Å²) in [5, 5.41) is 0. The molecule has 0 unspecified atom stereocenters. The molecule has 0 aliphatic rings. The van der Waals surface area contributed by atoms with E-state index in [4.69, 9.17) is 0 Å². The van der Waals surface area contributed by atoms with Crippen molar-refractivity contribution in [1.82, 2.24) is 0 Å². The number of rotatable bonds is 2. The molecule has 71 valence electrons. The van der Waals surface area contributed by atoms with Crippen LogP contribution in [0.1, 0.15) is 33.3 Å². The van der Waals surface area contributed by atoms with E-state index in [1.165, 1.54) is 12.0 Å². The maximum Gasteiger partial charge on any atom is 0 e. The molecule has 0 nitrogen and oxygen atoms in total. The van der Waals surface area contributed by atoms with Gasteiger partial charge in [-0.2, -0.15) is 0 Å². The molecule has 0 saturated carbocycles. The fourth-order valence-electron chi connectivity index (χ4n) is 1.09. The zero-order valence-corrected chi connectivity index (χ0v) is 12.1. The quantitative estimate of drug-likeness (QED) is 0.749. The van der Waals surface area contributed by atoms with Gasteiger partial charge in [-0.25, -0.2) is 0 Å². The Labute approximate surface area is 108 Å². The third-order valence-electron chi connectivity index (χ3n) is 1.49. The molecule has 1 rings (SSSR count). The second kappa shape index (κ2) is 10.4. The van der Waals surface area contributed by atoms with Crippen molar-refractivity contribution < 1.29 is 32.7 Å². The Kier molecular flexibility index (Phi) is 12.6. The van der Waals surface area contributed by atoms with Crippen LogP contribution < -0.4 is 0 Å². The zero-order valence-electron chi connectivity index (χ0n) is 9.25. The van der Waals surface area contributed by atoms with E-state index in [2.05, 4.69) is 44.2 Å². The molecule has 0 fully saturated rings. The number of hydrogen-bond acceptors (Lipinski definition) is 0. The van der Waals surface area contributed by atoms with Crippen LogP contribution in [-0.2, 0) is 39.1 Å². The van der Waals surface area contributed by atoms with Crippen LogP contribution in [0.2, 0.25) is 0 Å². The Balaban J connectivity index is 0. The van der Waals surface area contributed by atoms with Crippen LogP contribution in [0.4, 0.5) is 0 Å². The topological polar surface area (TPSA) is 0 Å². The summed E-state index contributed by atoms with van der Waals surface area (Å²) in [7, 11) is 0. The van der Waals surface area contributed by atoms with Crippen LogP contribution in [-0.4, -0.2) is 0 Å². The Morgan fingerprint density at radius 3 is 1.85 bits per heavy atom. The molecule has 13 heavy (non-hydrogen) atoms. The minimum Gasteiger partial charge on any atom is -0.0683 e. The van der Waals surface area contributed by atoms with Crippen LogP contribution in [0.25, 0.3) is 0 Å². The standard InChI is InChI=1S/C10H14.C2H6.Y/c1-9(2)8-10-6-4-3-5-7-10;1-2;/h3-7,9H,8H2,1-2H3;1-2H3;. The molecule has 1 radical (unpaired) electrons. The van der Waals surface area contributed by atoms with E-state index < -0.39 is 0 Å². The largest absolute Gasteiger partial charge is 0.0683 e. The monoisotopic (exact) mass is 253 g/mol. The molecule has 0 heterocycles. The average molecular weight is 253 g/mol. The molecule has 0 atom stereocenters. The molecule has 0 bridgehead atoms. The zero-order chi connectivity index (χ0) is 9.40. The summed E-state index contributed by atoms with van der Waals surface area (Å²) in [6, 6.07) is 10.6. The van der Waals surface area contributed by atoms with E-state index in [1.54, 1.807) is 0 Å². The molecule has 1 aromatic carbocycles. The molecule has 1 heteroatoms. The van der Waals surface area contributed by atoms with Crippen molar-refractivity contribution in [1.29, 1.82) is 0 Å². The molecular weight excluding hydrogens is 233 g/mol. The van der Waals surface area contributed by atoms with Gasteiger partial charge in [-0.1, -0.05) is 58.0 Å². The van der Waals surface area contributed by atoms with Crippen molar-refractivity contribution >= 4 is 0 Å². The van der Waals surface area contributed by atoms with Gasteiger partial charge < -0.3 is 0 Å². The molecule has 0 N–H and O–H groups in total. The second-order valence-electron chi connectivity index (χ2n) is 3.08. The van der Waals surface area contributed by atoms with Gasteiger partial charge in [-0.15, -0.1) is 0 Å². The first kappa shape index (κ1) is 15.8. The van der Waals surface area contributed by atoms with E-state index in [1.807, 2.05) is 13.8 Å². The van der Waals surface area contributed by atoms with E-state index in [-0.39, 0.29) is 32.7 Å². The predicted octanol–water partition coefficient (Wildman–Crippen LogP) is 3.91. The van der Waals surface area contributed by atoms with Crippen molar-refractivity contribution in [2.24, 2.45) is 5.92 Å². The first-order chi connectivity index (χ1) is 5.79. The van der Waals surface area contributed by atoms with Crippen molar-refractivity contribution in [2.45, 2.75) is 34.1 Å². The molecule has 0 aromatic heterocycles. The molecule has 0 aliphatic carbocycles. The summed E-state index contributed by atoms with van der Waals surface area (Å²) >= 11 is 0. The number of benzene rings is 1. The van der Waals surface area contributed by atoms with Crippen LogP contribution >= 0.6 is 0 Å². The summed E-state index contributed by atoms with van der Waals surface area (Å²) in [5.41, 5.74) is 1.44. The minimum atomic E-state index is 0. The fraction of sp³-hybridized carbons (Fsp3) is 0.500. The fourth-order valence-corrected chi connectivity index (χ4v) is 1.09. The summed E-state index contributed by atoms with van der Waals surface area (Å²) in [6.45, 7) is 8.49. The minimum absolute atomic E-state index is 0. The summed E-state index contributed by atoms with van der Waals surface area (Å²) in [4.78, 5) is 0. The predicted molar refractivity (Wildman–Crippen MR) is 56.3 cm³/mol. The van der Waals surface area contributed by atoms with Crippen LogP contribution in [0.15, 0.2) is 30.3 Å². The summed E-state index contributed by atoms with van der Waals surface area (Å²) < 4.78 is 0. The molecular formula is C12H20Y. The third kappa shape index (κ3) is 8.65. The SMILES string of the molecule is CC.CC(C)Cc1ccccc1.[Y]. The molecule has 1 aromatic rings. The number of hydrogen-bond donors (Lipinski definition) is 0. The van der Waals surface area contributed by atoms with Gasteiger partial charge in [0.15, 0.2) is 0 Å². The second-order valence-corrected chi connectivity index (χ2v) is 3.08. The normalized spacial score (nSPS) is 8.38. The van der Waals surface area contributed by atoms with E-state index in [0.29, 0.717) is 0 Å². The Morgan fingerprint density at radius 1 is 1.00 bits per heavy atom. The van der Waals surface area contributed by atoms with Gasteiger partial charge >= 0.3 is 0 Å². The first-order valence-electron chi connectivity index (χ1n) is 4.83. The third-order valence-corrected chi connectivity index (χ3v) is 1.49. The van der Waals surface area contributed by atoms with E-state index >= 15 is 0 Å². The smallest absolute Gasteiger partial charge is 0 e. The van der Waals surface area contributed by atoms with Gasteiger partial charge in [0.25, 0.3) is 0 Å². The molecule has 0 aliphatic heterocycles. The van der Waals surface area contributed by atoms with Gasteiger partial charge in [0.05, 0.1) is 0 Å². The van der Waals surface area contributed by atoms with Gasteiger partial charge in [0.2, 0.25) is 0 Å². The van der Waals surface area contributed by atoms with Crippen molar-refractivity contribution in [3.05, 3.63) is 35.9 Å². The molecule has 0 amide bonds. The average Bonchev–Trinajstić information content (AvgIpc) is 2.08. The molecule has 0 spiro atoms. The maximum absolute atomic E-state index is 2.24. The van der Waals surface area contributed by atoms with E-state index in [0.717, 1.165) is 5.92 Å². The van der Waals surface area contributed by atoms with Crippen molar-refractivity contribution in [3.8, 4) is 0 Å². The van der Waals surface area contributed by atoms with Crippen LogP contribution in [0, 0.1) is 5.92 Å².